The monoisotopic (exact) mass is 415 g/mol. The lowest BCUT2D eigenvalue weighted by Crippen LogP contribution is -2.31. The summed E-state index contributed by atoms with van der Waals surface area (Å²) in [4.78, 5) is 21.1. The number of hydrogen-bond acceptors (Lipinski definition) is 5. The number of nitrogens with one attached hydrogen (secondary N) is 2. The molecule has 0 aliphatic heterocycles. The summed E-state index contributed by atoms with van der Waals surface area (Å²) in [7, 11) is 0. The molecule has 0 spiro atoms. The van der Waals surface area contributed by atoms with Crippen LogP contribution in [0, 0.1) is 0 Å². The van der Waals surface area contributed by atoms with Crippen LogP contribution in [0.25, 0.3) is 11.4 Å². The van der Waals surface area contributed by atoms with Gasteiger partial charge < -0.3 is 5.32 Å². The topological polar surface area (TPSA) is 83.6 Å². The van der Waals surface area contributed by atoms with E-state index in [1.807, 2.05) is 60.7 Å². The van der Waals surface area contributed by atoms with Crippen molar-refractivity contribution in [2.45, 2.75) is 17.6 Å². The van der Waals surface area contributed by atoms with Crippen molar-refractivity contribution >= 4 is 17.7 Å². The van der Waals surface area contributed by atoms with Gasteiger partial charge >= 0.3 is 0 Å². The van der Waals surface area contributed by atoms with E-state index < -0.39 is 0 Å². The maximum Gasteiger partial charge on any atom is 0.230 e. The third-order valence-corrected chi connectivity index (χ3v) is 5.42. The number of thioether (sulfide) groups is 1. The summed E-state index contributed by atoms with van der Waals surface area (Å²) in [6.45, 7) is 0. The summed E-state index contributed by atoms with van der Waals surface area (Å²) < 4.78 is 0. The molecule has 2 N–H and O–H groups in total. The molecular formula is C23H21N5OS. The van der Waals surface area contributed by atoms with E-state index >= 15 is 0 Å². The van der Waals surface area contributed by atoms with Gasteiger partial charge in [0.2, 0.25) is 11.1 Å². The Kier molecular flexibility index (Phi) is 6.51. The van der Waals surface area contributed by atoms with Gasteiger partial charge in [0, 0.05) is 18.0 Å². The Bertz CT molecular complexity index is 1070. The normalized spacial score (nSPS) is 11.7. The smallest absolute Gasteiger partial charge is 0.230 e. The molecule has 0 aliphatic rings. The van der Waals surface area contributed by atoms with Gasteiger partial charge in [0.1, 0.15) is 0 Å². The van der Waals surface area contributed by atoms with Crippen LogP contribution in [-0.2, 0) is 11.2 Å². The second-order valence-electron chi connectivity index (χ2n) is 6.71. The fourth-order valence-corrected chi connectivity index (χ4v) is 3.71. The SMILES string of the molecule is O=C(CSc1n[nH]c(-c2ccncc2)n1)N[C@H](Cc1ccccc1)c1ccccc1. The van der Waals surface area contributed by atoms with Gasteiger partial charge in [0.05, 0.1) is 11.8 Å². The summed E-state index contributed by atoms with van der Waals surface area (Å²) in [6.07, 6.45) is 4.14. The maximum atomic E-state index is 12.7. The fourth-order valence-electron chi connectivity index (χ4n) is 3.10. The molecule has 1 atom stereocenters. The van der Waals surface area contributed by atoms with Crippen LogP contribution >= 0.6 is 11.8 Å². The molecule has 1 amide bonds. The average Bonchev–Trinajstić information content (AvgIpc) is 3.28. The minimum atomic E-state index is -0.0961. The van der Waals surface area contributed by atoms with Crippen LogP contribution in [0.3, 0.4) is 0 Å². The third kappa shape index (κ3) is 5.33. The molecule has 0 saturated heterocycles. The number of aromatic nitrogens is 4. The summed E-state index contributed by atoms with van der Waals surface area (Å²) in [5, 5.41) is 10.8. The Labute approximate surface area is 179 Å². The molecule has 7 heteroatoms. The first-order chi connectivity index (χ1) is 14.8. The standard InChI is InChI=1S/C23H21N5OS/c29-21(16-30-23-26-22(27-28-23)19-11-13-24-14-12-19)25-20(18-9-5-2-6-10-18)15-17-7-3-1-4-8-17/h1-14,20H,15-16H2,(H,25,29)(H,26,27,28)/t20-/m1/s1. The highest BCUT2D eigenvalue weighted by molar-refractivity contribution is 7.99. The van der Waals surface area contributed by atoms with Crippen LogP contribution in [0.15, 0.2) is 90.3 Å². The largest absolute Gasteiger partial charge is 0.348 e. The van der Waals surface area contributed by atoms with Crippen LogP contribution in [0.4, 0.5) is 0 Å². The van der Waals surface area contributed by atoms with Crippen molar-refractivity contribution in [3.63, 3.8) is 0 Å². The quantitative estimate of drug-likeness (QED) is 0.424. The zero-order chi connectivity index (χ0) is 20.6. The molecule has 6 nitrogen and oxygen atoms in total. The number of benzene rings is 2. The Hall–Kier alpha value is -3.45. The van der Waals surface area contributed by atoms with Crippen molar-refractivity contribution < 1.29 is 4.79 Å². The van der Waals surface area contributed by atoms with Gasteiger partial charge in [0.25, 0.3) is 0 Å². The van der Waals surface area contributed by atoms with E-state index in [9.17, 15) is 4.79 Å². The first kappa shape index (κ1) is 19.8. The lowest BCUT2D eigenvalue weighted by Gasteiger charge is -2.19. The van der Waals surface area contributed by atoms with Crippen molar-refractivity contribution in [2.75, 3.05) is 5.75 Å². The molecule has 0 aliphatic carbocycles. The van der Waals surface area contributed by atoms with E-state index in [1.54, 1.807) is 12.4 Å². The van der Waals surface area contributed by atoms with Gasteiger partial charge in [-0.3, -0.25) is 14.9 Å². The number of aromatic amines is 1. The predicted molar refractivity (Wildman–Crippen MR) is 118 cm³/mol. The molecule has 30 heavy (non-hydrogen) atoms. The average molecular weight is 416 g/mol. The van der Waals surface area contributed by atoms with E-state index in [2.05, 4.69) is 37.6 Å². The highest BCUT2D eigenvalue weighted by Gasteiger charge is 2.16. The number of amides is 1. The minimum Gasteiger partial charge on any atom is -0.348 e. The summed E-state index contributed by atoms with van der Waals surface area (Å²) >= 11 is 1.31. The molecule has 150 valence electrons. The van der Waals surface area contributed by atoms with E-state index in [0.717, 1.165) is 17.5 Å². The van der Waals surface area contributed by atoms with E-state index in [0.29, 0.717) is 11.0 Å². The molecule has 0 radical (unpaired) electrons. The molecular weight excluding hydrogens is 394 g/mol. The Morgan fingerprint density at radius 3 is 2.40 bits per heavy atom. The number of pyridine rings is 1. The first-order valence-electron chi connectivity index (χ1n) is 9.62. The molecule has 0 bridgehead atoms. The van der Waals surface area contributed by atoms with Crippen molar-refractivity contribution in [1.29, 1.82) is 0 Å². The zero-order valence-electron chi connectivity index (χ0n) is 16.2. The third-order valence-electron chi connectivity index (χ3n) is 4.57. The Morgan fingerprint density at radius 2 is 1.67 bits per heavy atom. The van der Waals surface area contributed by atoms with Crippen LogP contribution < -0.4 is 5.32 Å². The number of carbonyl (C=O) groups is 1. The number of rotatable bonds is 8. The summed E-state index contributed by atoms with van der Waals surface area (Å²) in [5.41, 5.74) is 3.16. The van der Waals surface area contributed by atoms with Crippen molar-refractivity contribution in [3.8, 4) is 11.4 Å². The van der Waals surface area contributed by atoms with Gasteiger partial charge in [-0.1, -0.05) is 72.4 Å². The van der Waals surface area contributed by atoms with Crippen molar-refractivity contribution in [2.24, 2.45) is 0 Å². The summed E-state index contributed by atoms with van der Waals surface area (Å²) in [5.74, 6) is 0.845. The minimum absolute atomic E-state index is 0.0555. The molecule has 2 aromatic heterocycles. The number of carbonyl (C=O) groups excluding carboxylic acids is 1. The lowest BCUT2D eigenvalue weighted by molar-refractivity contribution is -0.119. The van der Waals surface area contributed by atoms with Crippen molar-refractivity contribution in [1.82, 2.24) is 25.5 Å². The fraction of sp³-hybridized carbons (Fsp3) is 0.130. The lowest BCUT2D eigenvalue weighted by atomic mass is 9.99. The van der Waals surface area contributed by atoms with Crippen molar-refractivity contribution in [3.05, 3.63) is 96.3 Å². The van der Waals surface area contributed by atoms with Gasteiger partial charge in [0.15, 0.2) is 5.82 Å². The number of H-pyrrole nitrogens is 1. The van der Waals surface area contributed by atoms with E-state index in [4.69, 9.17) is 0 Å². The van der Waals surface area contributed by atoms with Gasteiger partial charge in [-0.25, -0.2) is 4.98 Å². The highest BCUT2D eigenvalue weighted by atomic mass is 32.2. The van der Waals surface area contributed by atoms with E-state index in [-0.39, 0.29) is 17.7 Å². The predicted octanol–water partition coefficient (Wildman–Crippen LogP) is 4.06. The Balaban J connectivity index is 1.39. The van der Waals surface area contributed by atoms with Crippen LogP contribution in [0.1, 0.15) is 17.2 Å². The maximum absolute atomic E-state index is 12.7. The first-order valence-corrected chi connectivity index (χ1v) is 10.6. The molecule has 0 unspecified atom stereocenters. The number of nitrogens with zero attached hydrogens (tertiary/aromatic N) is 3. The molecule has 0 fully saturated rings. The highest BCUT2D eigenvalue weighted by Crippen LogP contribution is 2.21. The molecule has 2 aromatic carbocycles. The number of hydrogen-bond donors (Lipinski definition) is 2. The van der Waals surface area contributed by atoms with Crippen LogP contribution in [0.2, 0.25) is 0 Å². The van der Waals surface area contributed by atoms with Crippen LogP contribution in [0.5, 0.6) is 0 Å². The van der Waals surface area contributed by atoms with E-state index in [1.165, 1.54) is 17.3 Å². The molecule has 2 heterocycles. The molecule has 4 rings (SSSR count). The Morgan fingerprint density at radius 1 is 0.967 bits per heavy atom. The molecule has 4 aromatic rings. The second kappa shape index (κ2) is 9.84. The summed E-state index contributed by atoms with van der Waals surface area (Å²) in [6, 6.07) is 23.8. The van der Waals surface area contributed by atoms with Gasteiger partial charge in [-0.15, -0.1) is 5.10 Å². The second-order valence-corrected chi connectivity index (χ2v) is 7.65. The van der Waals surface area contributed by atoms with Gasteiger partial charge in [-0.2, -0.15) is 0 Å². The zero-order valence-corrected chi connectivity index (χ0v) is 17.0. The van der Waals surface area contributed by atoms with Crippen LogP contribution in [-0.4, -0.2) is 31.8 Å². The molecule has 0 saturated carbocycles. The van der Waals surface area contributed by atoms with Gasteiger partial charge in [-0.05, 0) is 29.7 Å².